The minimum Gasteiger partial charge on any atom is -0.0914 e. The van der Waals surface area contributed by atoms with Gasteiger partial charge >= 0.3 is 0 Å². The Morgan fingerprint density at radius 1 is 1.10 bits per heavy atom. The topological polar surface area (TPSA) is 0 Å². The minimum absolute atomic E-state index is 0.893. The van der Waals surface area contributed by atoms with E-state index in [-0.39, 0.29) is 0 Å². The lowest BCUT2D eigenvalue weighted by Crippen LogP contribution is -2.04. The van der Waals surface area contributed by atoms with Crippen LogP contribution in [0.5, 0.6) is 0 Å². The molecule has 1 saturated carbocycles. The van der Waals surface area contributed by atoms with Crippen LogP contribution in [-0.4, -0.2) is 0 Å². The second-order valence-electron chi connectivity index (χ2n) is 3.12. The van der Waals surface area contributed by atoms with Gasteiger partial charge in [-0.15, -0.1) is 0 Å². The van der Waals surface area contributed by atoms with E-state index in [4.69, 9.17) is 0 Å². The van der Waals surface area contributed by atoms with Gasteiger partial charge in [-0.2, -0.15) is 0 Å². The normalized spacial score (nSPS) is 22.1. The Morgan fingerprint density at radius 3 is 2.40 bits per heavy atom. The van der Waals surface area contributed by atoms with Gasteiger partial charge in [0.2, 0.25) is 0 Å². The monoisotopic (exact) mass is 137 g/mol. The van der Waals surface area contributed by atoms with Crippen molar-refractivity contribution in [1.82, 2.24) is 0 Å². The molecule has 0 N–H and O–H groups in total. The molecule has 1 rings (SSSR count). The lowest BCUT2D eigenvalue weighted by atomic mass is 9.87. The standard InChI is InChI=1S/C10H17/c1-2-3-7-10-8-5-4-6-9-10/h2-3,7,10H,4-6,8-9H2,1H3/b3-2+. The Morgan fingerprint density at radius 2 is 1.80 bits per heavy atom. The summed E-state index contributed by atoms with van der Waals surface area (Å²) in [6, 6.07) is 0. The van der Waals surface area contributed by atoms with E-state index in [1.165, 1.54) is 32.1 Å². The summed E-state index contributed by atoms with van der Waals surface area (Å²) in [6.45, 7) is 2.08. The minimum atomic E-state index is 0.893. The number of hydrogen-bond donors (Lipinski definition) is 0. The van der Waals surface area contributed by atoms with Crippen molar-refractivity contribution >= 4 is 0 Å². The number of hydrogen-bond acceptors (Lipinski definition) is 0. The average Bonchev–Trinajstić information content (AvgIpc) is 2.03. The maximum absolute atomic E-state index is 2.36. The highest BCUT2D eigenvalue weighted by molar-refractivity contribution is 4.97. The largest absolute Gasteiger partial charge is 0.0914 e. The molecule has 57 valence electrons. The maximum Gasteiger partial charge on any atom is -0.0140 e. The molecule has 0 unspecified atom stereocenters. The molecule has 0 aromatic heterocycles. The Labute approximate surface area is 64.3 Å². The predicted octanol–water partition coefficient (Wildman–Crippen LogP) is 3.35. The highest BCUT2D eigenvalue weighted by Crippen LogP contribution is 2.25. The summed E-state index contributed by atoms with van der Waals surface area (Å²) < 4.78 is 0. The van der Waals surface area contributed by atoms with E-state index in [1.807, 2.05) is 0 Å². The summed E-state index contributed by atoms with van der Waals surface area (Å²) in [7, 11) is 0. The Hall–Kier alpha value is -0.260. The average molecular weight is 137 g/mol. The molecule has 0 bridgehead atoms. The first-order valence-corrected chi connectivity index (χ1v) is 4.39. The van der Waals surface area contributed by atoms with Gasteiger partial charge in [0.1, 0.15) is 0 Å². The molecule has 1 radical (unpaired) electrons. The van der Waals surface area contributed by atoms with Gasteiger partial charge in [-0.1, -0.05) is 31.4 Å². The SMILES string of the molecule is C/C=C/[CH]C1CCCCC1. The highest BCUT2D eigenvalue weighted by Gasteiger charge is 2.10. The Balaban J connectivity index is 2.13. The molecule has 0 saturated heterocycles. The molecule has 0 aromatic carbocycles. The molecule has 0 heterocycles. The molecule has 0 aliphatic heterocycles. The van der Waals surface area contributed by atoms with E-state index in [0.717, 1.165) is 5.92 Å². The van der Waals surface area contributed by atoms with Gasteiger partial charge in [0.05, 0.1) is 0 Å². The summed E-state index contributed by atoms with van der Waals surface area (Å²) in [4.78, 5) is 0. The van der Waals surface area contributed by atoms with E-state index in [2.05, 4.69) is 25.5 Å². The third kappa shape index (κ3) is 2.55. The molecule has 0 aromatic rings. The van der Waals surface area contributed by atoms with Crippen LogP contribution in [0.3, 0.4) is 0 Å². The van der Waals surface area contributed by atoms with Crippen molar-refractivity contribution in [1.29, 1.82) is 0 Å². The van der Waals surface area contributed by atoms with E-state index >= 15 is 0 Å². The summed E-state index contributed by atoms with van der Waals surface area (Å²) in [5.41, 5.74) is 0. The zero-order valence-corrected chi connectivity index (χ0v) is 6.84. The van der Waals surface area contributed by atoms with Crippen LogP contribution in [0.1, 0.15) is 39.0 Å². The molecule has 0 atom stereocenters. The van der Waals surface area contributed by atoms with Crippen LogP contribution in [0.25, 0.3) is 0 Å². The van der Waals surface area contributed by atoms with E-state index in [0.29, 0.717) is 0 Å². The van der Waals surface area contributed by atoms with Gasteiger partial charge in [-0.25, -0.2) is 0 Å². The van der Waals surface area contributed by atoms with E-state index in [1.54, 1.807) is 0 Å². The fraction of sp³-hybridized carbons (Fsp3) is 0.700. The van der Waals surface area contributed by atoms with Gasteiger partial charge in [-0.3, -0.25) is 0 Å². The second-order valence-corrected chi connectivity index (χ2v) is 3.12. The third-order valence-electron chi connectivity index (χ3n) is 2.23. The zero-order chi connectivity index (χ0) is 7.23. The van der Waals surface area contributed by atoms with Gasteiger partial charge < -0.3 is 0 Å². The van der Waals surface area contributed by atoms with E-state index < -0.39 is 0 Å². The van der Waals surface area contributed by atoms with Crippen molar-refractivity contribution in [3.8, 4) is 0 Å². The Kier molecular flexibility index (Phi) is 3.56. The highest BCUT2D eigenvalue weighted by atomic mass is 14.2. The van der Waals surface area contributed by atoms with Gasteiger partial charge in [0, 0.05) is 0 Å². The van der Waals surface area contributed by atoms with Gasteiger partial charge in [-0.05, 0) is 32.1 Å². The maximum atomic E-state index is 2.36. The van der Waals surface area contributed by atoms with Crippen LogP contribution < -0.4 is 0 Å². The van der Waals surface area contributed by atoms with Crippen molar-refractivity contribution in [2.45, 2.75) is 39.0 Å². The van der Waals surface area contributed by atoms with Gasteiger partial charge in [0.15, 0.2) is 0 Å². The fourth-order valence-electron chi connectivity index (χ4n) is 1.59. The summed E-state index contributed by atoms with van der Waals surface area (Å²) in [5, 5.41) is 0. The van der Waals surface area contributed by atoms with Crippen LogP contribution in [0.15, 0.2) is 12.2 Å². The van der Waals surface area contributed by atoms with Crippen molar-refractivity contribution in [2.24, 2.45) is 5.92 Å². The van der Waals surface area contributed by atoms with Crippen LogP contribution in [0, 0.1) is 12.3 Å². The second kappa shape index (κ2) is 4.54. The third-order valence-corrected chi connectivity index (χ3v) is 2.23. The molecule has 0 amide bonds. The fourth-order valence-corrected chi connectivity index (χ4v) is 1.59. The van der Waals surface area contributed by atoms with Gasteiger partial charge in [0.25, 0.3) is 0 Å². The molecule has 1 aliphatic rings. The molecule has 1 fully saturated rings. The van der Waals surface area contributed by atoms with Crippen molar-refractivity contribution < 1.29 is 0 Å². The van der Waals surface area contributed by atoms with Crippen molar-refractivity contribution in [2.75, 3.05) is 0 Å². The zero-order valence-electron chi connectivity index (χ0n) is 6.84. The summed E-state index contributed by atoms with van der Waals surface area (Å²) in [5.74, 6) is 0.893. The molecule has 1 aliphatic carbocycles. The van der Waals surface area contributed by atoms with Crippen LogP contribution in [0.2, 0.25) is 0 Å². The first-order valence-electron chi connectivity index (χ1n) is 4.39. The molecule has 10 heavy (non-hydrogen) atoms. The lowest BCUT2D eigenvalue weighted by Gasteiger charge is -2.19. The number of allylic oxidation sites excluding steroid dienone is 2. The van der Waals surface area contributed by atoms with Crippen LogP contribution in [0.4, 0.5) is 0 Å². The van der Waals surface area contributed by atoms with Crippen molar-refractivity contribution in [3.63, 3.8) is 0 Å². The molecule has 0 heteroatoms. The van der Waals surface area contributed by atoms with Crippen LogP contribution >= 0.6 is 0 Å². The first kappa shape index (κ1) is 7.84. The smallest absolute Gasteiger partial charge is 0.0140 e. The molecular weight excluding hydrogens is 120 g/mol. The van der Waals surface area contributed by atoms with E-state index in [9.17, 15) is 0 Å². The quantitative estimate of drug-likeness (QED) is 0.547. The molecule has 0 spiro atoms. The van der Waals surface area contributed by atoms with Crippen molar-refractivity contribution in [3.05, 3.63) is 18.6 Å². The lowest BCUT2D eigenvalue weighted by molar-refractivity contribution is 0.405. The molecule has 0 nitrogen and oxygen atoms in total. The van der Waals surface area contributed by atoms with Crippen LogP contribution in [-0.2, 0) is 0 Å². The number of rotatable bonds is 2. The predicted molar refractivity (Wildman–Crippen MR) is 45.7 cm³/mol. The summed E-state index contributed by atoms with van der Waals surface area (Å²) >= 11 is 0. The Bertz CT molecular complexity index is 96.6. The first-order chi connectivity index (χ1) is 4.93. The molecular formula is C10H17. The summed E-state index contributed by atoms with van der Waals surface area (Å²) in [6.07, 6.45) is 13.9.